The predicted molar refractivity (Wildman–Crippen MR) is 82.7 cm³/mol. The number of nitrogens with zero attached hydrogens (tertiary/aromatic N) is 3. The van der Waals surface area contributed by atoms with E-state index < -0.39 is 0 Å². The van der Waals surface area contributed by atoms with Gasteiger partial charge in [-0.25, -0.2) is 9.97 Å². The minimum absolute atomic E-state index is 0.152. The van der Waals surface area contributed by atoms with Crippen LogP contribution in [-0.2, 0) is 6.54 Å². The van der Waals surface area contributed by atoms with Crippen molar-refractivity contribution in [1.82, 2.24) is 14.9 Å². The fraction of sp³-hybridized carbons (Fsp3) is 0.733. The zero-order valence-electron chi connectivity index (χ0n) is 12.6. The molecule has 2 rings (SSSR count). The lowest BCUT2D eigenvalue weighted by Crippen LogP contribution is -2.39. The number of piperidine rings is 1. The van der Waals surface area contributed by atoms with E-state index in [1.165, 1.54) is 5.56 Å². The third kappa shape index (κ3) is 4.17. The maximum Gasteiger partial charge on any atom is 0.187 e. The van der Waals surface area contributed by atoms with Gasteiger partial charge in [-0.1, -0.05) is 25.6 Å². The van der Waals surface area contributed by atoms with E-state index >= 15 is 0 Å². The van der Waals surface area contributed by atoms with Crippen LogP contribution in [0, 0.1) is 11.8 Å². The Morgan fingerprint density at radius 2 is 1.90 bits per heavy atom. The Labute approximate surface area is 126 Å². The molecule has 0 aliphatic carbocycles. The van der Waals surface area contributed by atoms with Gasteiger partial charge in [0, 0.05) is 24.5 Å². The highest BCUT2D eigenvalue weighted by Crippen LogP contribution is 2.25. The van der Waals surface area contributed by atoms with Gasteiger partial charge in [0.15, 0.2) is 5.16 Å². The van der Waals surface area contributed by atoms with Crippen LogP contribution in [-0.4, -0.2) is 45.4 Å². The third-order valence-corrected chi connectivity index (χ3v) is 4.64. The van der Waals surface area contributed by atoms with Crippen LogP contribution in [0.2, 0.25) is 0 Å². The molecule has 1 atom stereocenters. The van der Waals surface area contributed by atoms with E-state index in [0.717, 1.165) is 37.6 Å². The summed E-state index contributed by atoms with van der Waals surface area (Å²) in [6.45, 7) is 7.22. The van der Waals surface area contributed by atoms with Gasteiger partial charge >= 0.3 is 0 Å². The first kappa shape index (κ1) is 15.7. The fourth-order valence-corrected chi connectivity index (χ4v) is 3.10. The van der Waals surface area contributed by atoms with Crippen LogP contribution in [0.15, 0.2) is 17.6 Å². The SMILES string of the molecule is CSc1ncc(CN2CCC(C(O)C(C)C)CC2)cn1. The molecular weight excluding hydrogens is 270 g/mol. The molecule has 1 aromatic heterocycles. The van der Waals surface area contributed by atoms with Gasteiger partial charge in [0.05, 0.1) is 6.10 Å². The second-order valence-electron chi connectivity index (χ2n) is 5.93. The van der Waals surface area contributed by atoms with Crippen LogP contribution in [0.1, 0.15) is 32.3 Å². The van der Waals surface area contributed by atoms with Gasteiger partial charge in [-0.15, -0.1) is 0 Å². The molecule has 1 aliphatic rings. The van der Waals surface area contributed by atoms with E-state index in [2.05, 4.69) is 28.7 Å². The van der Waals surface area contributed by atoms with Crippen molar-refractivity contribution in [3.8, 4) is 0 Å². The first-order chi connectivity index (χ1) is 9.60. The topological polar surface area (TPSA) is 49.2 Å². The van der Waals surface area contributed by atoms with Crippen molar-refractivity contribution < 1.29 is 5.11 Å². The van der Waals surface area contributed by atoms with E-state index in [4.69, 9.17) is 0 Å². The lowest BCUT2D eigenvalue weighted by atomic mass is 9.85. The molecule has 0 radical (unpaired) electrons. The molecule has 1 N–H and O–H groups in total. The van der Waals surface area contributed by atoms with Gasteiger partial charge in [0.2, 0.25) is 0 Å². The molecule has 112 valence electrons. The quantitative estimate of drug-likeness (QED) is 0.668. The van der Waals surface area contributed by atoms with Gasteiger partial charge in [-0.3, -0.25) is 4.90 Å². The lowest BCUT2D eigenvalue weighted by Gasteiger charge is -2.35. The number of likely N-dealkylation sites (tertiary alicyclic amines) is 1. The molecular formula is C15H25N3OS. The molecule has 4 nitrogen and oxygen atoms in total. The summed E-state index contributed by atoms with van der Waals surface area (Å²) in [5.41, 5.74) is 1.17. The van der Waals surface area contributed by atoms with Gasteiger partial charge in [0.1, 0.15) is 0 Å². The number of aliphatic hydroxyl groups excluding tert-OH is 1. The summed E-state index contributed by atoms with van der Waals surface area (Å²) in [5, 5.41) is 11.0. The highest BCUT2D eigenvalue weighted by molar-refractivity contribution is 7.98. The number of aromatic nitrogens is 2. The Morgan fingerprint density at radius 3 is 2.40 bits per heavy atom. The van der Waals surface area contributed by atoms with E-state index in [9.17, 15) is 5.11 Å². The van der Waals surface area contributed by atoms with Gasteiger partial charge < -0.3 is 5.11 Å². The largest absolute Gasteiger partial charge is 0.393 e. The molecule has 2 heterocycles. The molecule has 20 heavy (non-hydrogen) atoms. The Morgan fingerprint density at radius 1 is 1.30 bits per heavy atom. The summed E-state index contributed by atoms with van der Waals surface area (Å²) in [7, 11) is 0. The smallest absolute Gasteiger partial charge is 0.187 e. The Bertz CT molecular complexity index is 402. The Hall–Kier alpha value is -0.650. The summed E-state index contributed by atoms with van der Waals surface area (Å²) in [6, 6.07) is 0. The molecule has 1 aliphatic heterocycles. The predicted octanol–water partition coefficient (Wildman–Crippen LogP) is 2.43. The minimum Gasteiger partial charge on any atom is -0.393 e. The summed E-state index contributed by atoms with van der Waals surface area (Å²) < 4.78 is 0. The Balaban J connectivity index is 1.81. The van der Waals surface area contributed by atoms with Crippen LogP contribution < -0.4 is 0 Å². The van der Waals surface area contributed by atoms with Crippen molar-refractivity contribution in [2.45, 2.75) is 44.5 Å². The highest BCUT2D eigenvalue weighted by Gasteiger charge is 2.26. The standard InChI is InChI=1S/C15H25N3OS/c1-11(2)14(19)13-4-6-18(7-5-13)10-12-8-16-15(20-3)17-9-12/h8-9,11,13-14,19H,4-7,10H2,1-3H3. The van der Waals surface area contributed by atoms with Crippen molar-refractivity contribution in [3.05, 3.63) is 18.0 Å². The van der Waals surface area contributed by atoms with E-state index in [0.29, 0.717) is 11.8 Å². The van der Waals surface area contributed by atoms with Crippen molar-refractivity contribution in [3.63, 3.8) is 0 Å². The van der Waals surface area contributed by atoms with Crippen LogP contribution in [0.25, 0.3) is 0 Å². The summed E-state index contributed by atoms with van der Waals surface area (Å²) in [6.07, 6.45) is 7.86. The normalized spacial score (nSPS) is 19.4. The molecule has 1 aromatic rings. The van der Waals surface area contributed by atoms with Crippen molar-refractivity contribution in [1.29, 1.82) is 0 Å². The molecule has 0 aromatic carbocycles. The van der Waals surface area contributed by atoms with E-state index in [-0.39, 0.29) is 6.10 Å². The monoisotopic (exact) mass is 295 g/mol. The number of hydrogen-bond acceptors (Lipinski definition) is 5. The fourth-order valence-electron chi connectivity index (χ4n) is 2.79. The van der Waals surface area contributed by atoms with Crippen LogP contribution in [0.4, 0.5) is 0 Å². The van der Waals surface area contributed by atoms with Crippen LogP contribution >= 0.6 is 11.8 Å². The highest BCUT2D eigenvalue weighted by atomic mass is 32.2. The molecule has 1 unspecified atom stereocenters. The average Bonchev–Trinajstić information content (AvgIpc) is 2.48. The summed E-state index contributed by atoms with van der Waals surface area (Å²) in [5.74, 6) is 0.820. The Kier molecular flexibility index (Phi) is 5.81. The van der Waals surface area contributed by atoms with Crippen molar-refractivity contribution >= 4 is 11.8 Å². The summed E-state index contributed by atoms with van der Waals surface area (Å²) in [4.78, 5) is 11.1. The van der Waals surface area contributed by atoms with E-state index in [1.54, 1.807) is 11.8 Å². The number of aliphatic hydroxyl groups is 1. The zero-order valence-corrected chi connectivity index (χ0v) is 13.4. The molecule has 0 spiro atoms. The van der Waals surface area contributed by atoms with Crippen molar-refractivity contribution in [2.24, 2.45) is 11.8 Å². The maximum absolute atomic E-state index is 10.1. The molecule has 0 amide bonds. The van der Waals surface area contributed by atoms with Gasteiger partial charge in [0.25, 0.3) is 0 Å². The zero-order chi connectivity index (χ0) is 14.5. The van der Waals surface area contributed by atoms with Gasteiger partial charge in [-0.05, 0) is 44.0 Å². The molecule has 1 fully saturated rings. The molecule has 0 bridgehead atoms. The second-order valence-corrected chi connectivity index (χ2v) is 6.70. The van der Waals surface area contributed by atoms with E-state index in [1.807, 2.05) is 18.6 Å². The lowest BCUT2D eigenvalue weighted by molar-refractivity contribution is 0.0269. The number of hydrogen-bond donors (Lipinski definition) is 1. The first-order valence-corrected chi connectivity index (χ1v) is 8.58. The first-order valence-electron chi connectivity index (χ1n) is 7.35. The number of rotatable bonds is 5. The second kappa shape index (κ2) is 7.38. The number of thioether (sulfide) groups is 1. The average molecular weight is 295 g/mol. The van der Waals surface area contributed by atoms with Crippen molar-refractivity contribution in [2.75, 3.05) is 19.3 Å². The van der Waals surface area contributed by atoms with Crippen LogP contribution in [0.5, 0.6) is 0 Å². The minimum atomic E-state index is -0.152. The summed E-state index contributed by atoms with van der Waals surface area (Å²) >= 11 is 1.57. The van der Waals surface area contributed by atoms with Gasteiger partial charge in [-0.2, -0.15) is 0 Å². The molecule has 1 saturated heterocycles. The molecule has 5 heteroatoms. The maximum atomic E-state index is 10.1. The molecule has 0 saturated carbocycles. The third-order valence-electron chi connectivity index (χ3n) is 4.07. The van der Waals surface area contributed by atoms with Crippen LogP contribution in [0.3, 0.4) is 0 Å².